The Hall–Kier alpha value is -2.35. The molecule has 1 saturated heterocycles. The van der Waals surface area contributed by atoms with Gasteiger partial charge in [-0.05, 0) is 42.0 Å². The van der Waals surface area contributed by atoms with Crippen molar-refractivity contribution in [2.75, 3.05) is 4.90 Å². The van der Waals surface area contributed by atoms with Crippen LogP contribution >= 0.6 is 35.6 Å². The molecule has 126 valence electrons. The van der Waals surface area contributed by atoms with E-state index in [1.54, 1.807) is 30.3 Å². The number of aromatic carboxylic acids is 1. The Kier molecular flexibility index (Phi) is 4.80. The predicted octanol–water partition coefficient (Wildman–Crippen LogP) is 4.15. The molecular weight excluding hydrogens is 382 g/mol. The second kappa shape index (κ2) is 6.87. The summed E-state index contributed by atoms with van der Waals surface area (Å²) in [5.74, 6) is -2.02. The number of hydrogen-bond donors (Lipinski definition) is 2. The predicted molar refractivity (Wildman–Crippen MR) is 102 cm³/mol. The fourth-order valence-corrected chi connectivity index (χ4v) is 3.66. The topological polar surface area (TPSA) is 77.8 Å². The summed E-state index contributed by atoms with van der Waals surface area (Å²) < 4.78 is 0.284. The first-order valence-electron chi connectivity index (χ1n) is 6.96. The molecule has 2 aromatic carbocycles. The maximum atomic E-state index is 12.7. The average molecular weight is 392 g/mol. The van der Waals surface area contributed by atoms with Gasteiger partial charge in [0.15, 0.2) is 4.32 Å². The first-order valence-corrected chi connectivity index (χ1v) is 8.57. The summed E-state index contributed by atoms with van der Waals surface area (Å²) in [4.78, 5) is 25.5. The average Bonchev–Trinajstić information content (AvgIpc) is 2.84. The quantitative estimate of drug-likeness (QED) is 0.604. The molecule has 1 amide bonds. The van der Waals surface area contributed by atoms with E-state index < -0.39 is 5.97 Å². The summed E-state index contributed by atoms with van der Waals surface area (Å²) >= 11 is 12.2. The zero-order valence-corrected chi connectivity index (χ0v) is 14.9. The minimum atomic E-state index is -1.29. The number of carboxylic acids is 1. The lowest BCUT2D eigenvalue weighted by atomic mass is 10.1. The molecule has 1 aliphatic rings. The van der Waals surface area contributed by atoms with Gasteiger partial charge >= 0.3 is 5.97 Å². The molecule has 0 saturated carbocycles. The Morgan fingerprint density at radius 1 is 1.20 bits per heavy atom. The lowest BCUT2D eigenvalue weighted by Crippen LogP contribution is -2.27. The third-order valence-electron chi connectivity index (χ3n) is 3.43. The minimum Gasteiger partial charge on any atom is -0.507 e. The summed E-state index contributed by atoms with van der Waals surface area (Å²) in [5.41, 5.74) is 0.785. The number of anilines is 1. The number of amides is 1. The van der Waals surface area contributed by atoms with Gasteiger partial charge in [0.25, 0.3) is 5.91 Å². The monoisotopic (exact) mass is 391 g/mol. The molecule has 3 rings (SSSR count). The Balaban J connectivity index is 1.95. The van der Waals surface area contributed by atoms with E-state index in [9.17, 15) is 14.7 Å². The highest BCUT2D eigenvalue weighted by Crippen LogP contribution is 2.37. The molecule has 1 aliphatic heterocycles. The van der Waals surface area contributed by atoms with E-state index in [-0.39, 0.29) is 27.2 Å². The highest BCUT2D eigenvalue weighted by Gasteiger charge is 2.33. The molecule has 0 aliphatic carbocycles. The number of aromatic hydroxyl groups is 1. The molecule has 25 heavy (non-hydrogen) atoms. The van der Waals surface area contributed by atoms with Gasteiger partial charge in [0.05, 0.1) is 10.6 Å². The van der Waals surface area contributed by atoms with E-state index in [1.807, 2.05) is 0 Å². The molecule has 2 N–H and O–H groups in total. The number of carboxylic acid groups (broad SMARTS) is 1. The molecule has 0 bridgehead atoms. The van der Waals surface area contributed by atoms with Gasteiger partial charge in [-0.1, -0.05) is 47.7 Å². The van der Waals surface area contributed by atoms with E-state index in [0.29, 0.717) is 9.93 Å². The van der Waals surface area contributed by atoms with Crippen LogP contribution in [0.2, 0.25) is 5.02 Å². The van der Waals surface area contributed by atoms with Crippen molar-refractivity contribution in [2.45, 2.75) is 0 Å². The summed E-state index contributed by atoms with van der Waals surface area (Å²) in [6.45, 7) is 0. The van der Waals surface area contributed by atoms with E-state index in [0.717, 1.165) is 17.3 Å². The molecule has 0 atom stereocenters. The van der Waals surface area contributed by atoms with Crippen LogP contribution in [0.4, 0.5) is 5.69 Å². The highest BCUT2D eigenvalue weighted by molar-refractivity contribution is 8.27. The molecule has 0 radical (unpaired) electrons. The Labute approximate surface area is 157 Å². The van der Waals surface area contributed by atoms with E-state index in [1.165, 1.54) is 23.1 Å². The Bertz CT molecular complexity index is 925. The van der Waals surface area contributed by atoms with Gasteiger partial charge in [-0.3, -0.25) is 9.69 Å². The van der Waals surface area contributed by atoms with E-state index in [2.05, 4.69) is 0 Å². The van der Waals surface area contributed by atoms with Crippen molar-refractivity contribution in [3.8, 4) is 5.75 Å². The Morgan fingerprint density at radius 3 is 2.52 bits per heavy atom. The van der Waals surface area contributed by atoms with Gasteiger partial charge in [0.2, 0.25) is 0 Å². The van der Waals surface area contributed by atoms with Crippen molar-refractivity contribution in [3.63, 3.8) is 0 Å². The number of thiocarbonyl (C=S) groups is 1. The third-order valence-corrected chi connectivity index (χ3v) is 4.98. The van der Waals surface area contributed by atoms with Gasteiger partial charge in [0.1, 0.15) is 11.3 Å². The highest BCUT2D eigenvalue weighted by atomic mass is 35.5. The van der Waals surface area contributed by atoms with Gasteiger partial charge < -0.3 is 10.2 Å². The second-order valence-electron chi connectivity index (χ2n) is 5.08. The van der Waals surface area contributed by atoms with Gasteiger partial charge in [0, 0.05) is 5.02 Å². The van der Waals surface area contributed by atoms with Crippen LogP contribution in [-0.2, 0) is 4.79 Å². The summed E-state index contributed by atoms with van der Waals surface area (Å²) in [5, 5.41) is 19.3. The molecule has 0 unspecified atom stereocenters. The number of carbonyl (C=O) groups excluding carboxylic acids is 1. The van der Waals surface area contributed by atoms with Crippen molar-refractivity contribution in [1.82, 2.24) is 0 Å². The summed E-state index contributed by atoms with van der Waals surface area (Å²) in [6, 6.07) is 10.9. The van der Waals surface area contributed by atoms with Crippen LogP contribution in [0.3, 0.4) is 0 Å². The van der Waals surface area contributed by atoms with Crippen molar-refractivity contribution < 1.29 is 19.8 Å². The van der Waals surface area contributed by atoms with Crippen molar-refractivity contribution in [1.29, 1.82) is 0 Å². The zero-order valence-electron chi connectivity index (χ0n) is 12.5. The van der Waals surface area contributed by atoms with Crippen LogP contribution in [0.5, 0.6) is 5.75 Å². The van der Waals surface area contributed by atoms with Crippen LogP contribution in [0.25, 0.3) is 6.08 Å². The number of phenols is 1. The lowest BCUT2D eigenvalue weighted by molar-refractivity contribution is -0.113. The fraction of sp³-hybridized carbons (Fsp3) is 0. The number of halogens is 1. The third kappa shape index (κ3) is 3.53. The SMILES string of the molecule is O=C(O)c1cc(N2C(=O)/C(=C/c3ccc(Cl)cc3)SC2=S)ccc1O. The van der Waals surface area contributed by atoms with Crippen molar-refractivity contribution >= 4 is 63.5 Å². The molecule has 0 spiro atoms. The molecule has 1 fully saturated rings. The van der Waals surface area contributed by atoms with Crippen molar-refractivity contribution in [3.05, 3.63) is 63.5 Å². The molecule has 1 heterocycles. The molecule has 5 nitrogen and oxygen atoms in total. The normalized spacial score (nSPS) is 15.9. The zero-order chi connectivity index (χ0) is 18.1. The maximum absolute atomic E-state index is 12.7. The molecule has 0 aromatic heterocycles. The molecule has 8 heteroatoms. The second-order valence-corrected chi connectivity index (χ2v) is 7.19. The number of thioether (sulfide) groups is 1. The van der Waals surface area contributed by atoms with Crippen LogP contribution in [-0.4, -0.2) is 26.4 Å². The number of rotatable bonds is 3. The number of benzene rings is 2. The number of nitrogens with zero attached hydrogens (tertiary/aromatic N) is 1. The van der Waals surface area contributed by atoms with Crippen LogP contribution < -0.4 is 4.90 Å². The van der Waals surface area contributed by atoms with E-state index in [4.69, 9.17) is 28.9 Å². The Morgan fingerprint density at radius 2 is 1.88 bits per heavy atom. The first-order chi connectivity index (χ1) is 11.9. The number of hydrogen-bond acceptors (Lipinski definition) is 5. The van der Waals surface area contributed by atoms with Gasteiger partial charge in [-0.25, -0.2) is 4.79 Å². The standard InChI is InChI=1S/C17H10ClNO4S2/c18-10-3-1-9(2-4-10)7-14-15(21)19(17(24)25-14)11-5-6-13(20)12(8-11)16(22)23/h1-8,20H,(H,22,23)/b14-7-. The fourth-order valence-electron chi connectivity index (χ4n) is 2.24. The molecule has 2 aromatic rings. The molecular formula is C17H10ClNO4S2. The van der Waals surface area contributed by atoms with E-state index >= 15 is 0 Å². The van der Waals surface area contributed by atoms with Crippen LogP contribution in [0, 0.1) is 0 Å². The van der Waals surface area contributed by atoms with Crippen LogP contribution in [0.1, 0.15) is 15.9 Å². The van der Waals surface area contributed by atoms with Gasteiger partial charge in [-0.15, -0.1) is 0 Å². The maximum Gasteiger partial charge on any atom is 0.339 e. The minimum absolute atomic E-state index is 0.284. The lowest BCUT2D eigenvalue weighted by Gasteiger charge is -2.15. The smallest absolute Gasteiger partial charge is 0.339 e. The largest absolute Gasteiger partial charge is 0.507 e. The summed E-state index contributed by atoms with van der Waals surface area (Å²) in [7, 11) is 0. The first kappa shape index (κ1) is 17.5. The van der Waals surface area contributed by atoms with Crippen molar-refractivity contribution in [2.24, 2.45) is 0 Å². The van der Waals surface area contributed by atoms with Gasteiger partial charge in [-0.2, -0.15) is 0 Å². The van der Waals surface area contributed by atoms with Crippen LogP contribution in [0.15, 0.2) is 47.4 Å². The summed E-state index contributed by atoms with van der Waals surface area (Å²) in [6.07, 6.45) is 1.69. The number of carbonyl (C=O) groups is 2.